The van der Waals surface area contributed by atoms with Crippen LogP contribution in [-0.4, -0.2) is 29.4 Å². The van der Waals surface area contributed by atoms with Crippen LogP contribution in [0.25, 0.3) is 0 Å². The SMILES string of the molecule is COc1ccc([C@H]2C[C@H](C)CN2C(=O)Cc2sc(=S)[nH]c2C)cc1. The average molecular weight is 363 g/mol. The first-order valence-electron chi connectivity index (χ1n) is 8.10. The number of nitrogens with zero attached hydrogens (tertiary/aromatic N) is 1. The number of carbonyl (C=O) groups is 1. The lowest BCUT2D eigenvalue weighted by Gasteiger charge is -2.25. The van der Waals surface area contributed by atoms with Gasteiger partial charge in [0.05, 0.1) is 19.6 Å². The predicted octanol–water partition coefficient (Wildman–Crippen LogP) is 4.27. The third-order valence-electron chi connectivity index (χ3n) is 4.57. The highest BCUT2D eigenvalue weighted by Gasteiger charge is 2.34. The first-order valence-corrected chi connectivity index (χ1v) is 9.32. The number of thiazole rings is 1. The Morgan fingerprint density at radius 3 is 2.71 bits per heavy atom. The molecule has 1 aliphatic heterocycles. The summed E-state index contributed by atoms with van der Waals surface area (Å²) in [7, 11) is 1.66. The molecule has 1 saturated heterocycles. The topological polar surface area (TPSA) is 45.3 Å². The number of hydrogen-bond acceptors (Lipinski definition) is 4. The van der Waals surface area contributed by atoms with Gasteiger partial charge in [-0.2, -0.15) is 0 Å². The van der Waals surface area contributed by atoms with Crippen LogP contribution in [0, 0.1) is 16.8 Å². The molecule has 1 amide bonds. The molecule has 2 atom stereocenters. The van der Waals surface area contributed by atoms with Gasteiger partial charge >= 0.3 is 0 Å². The zero-order valence-corrected chi connectivity index (χ0v) is 15.8. The molecular weight excluding hydrogens is 340 g/mol. The largest absolute Gasteiger partial charge is 0.497 e. The maximum atomic E-state index is 12.9. The number of rotatable bonds is 4. The molecule has 6 heteroatoms. The minimum absolute atomic E-state index is 0.144. The van der Waals surface area contributed by atoms with E-state index in [-0.39, 0.29) is 11.9 Å². The zero-order chi connectivity index (χ0) is 17.3. The van der Waals surface area contributed by atoms with E-state index in [0.717, 1.165) is 33.2 Å². The van der Waals surface area contributed by atoms with Gasteiger partial charge in [0.25, 0.3) is 0 Å². The molecule has 24 heavy (non-hydrogen) atoms. The molecule has 0 aliphatic carbocycles. The van der Waals surface area contributed by atoms with Gasteiger partial charge in [0, 0.05) is 17.1 Å². The highest BCUT2D eigenvalue weighted by Crippen LogP contribution is 2.36. The van der Waals surface area contributed by atoms with Gasteiger partial charge in [-0.05, 0) is 49.2 Å². The lowest BCUT2D eigenvalue weighted by atomic mass is 10.0. The molecule has 128 valence electrons. The minimum Gasteiger partial charge on any atom is -0.497 e. The van der Waals surface area contributed by atoms with E-state index in [1.807, 2.05) is 24.0 Å². The number of hydrogen-bond donors (Lipinski definition) is 1. The Kier molecular flexibility index (Phi) is 5.06. The van der Waals surface area contributed by atoms with Crippen LogP contribution in [-0.2, 0) is 11.2 Å². The molecule has 1 fully saturated rings. The van der Waals surface area contributed by atoms with E-state index in [9.17, 15) is 4.79 Å². The Labute approximate surface area is 151 Å². The van der Waals surface area contributed by atoms with Crippen LogP contribution in [0.3, 0.4) is 0 Å². The molecule has 0 unspecified atom stereocenters. The van der Waals surface area contributed by atoms with Crippen LogP contribution in [0.5, 0.6) is 5.75 Å². The summed E-state index contributed by atoms with van der Waals surface area (Å²) in [6.45, 7) is 4.99. The van der Waals surface area contributed by atoms with Gasteiger partial charge in [0.2, 0.25) is 5.91 Å². The third kappa shape index (κ3) is 3.54. The van der Waals surface area contributed by atoms with Gasteiger partial charge in [-0.1, -0.05) is 19.1 Å². The summed E-state index contributed by atoms with van der Waals surface area (Å²) in [6.07, 6.45) is 1.42. The van der Waals surface area contributed by atoms with Crippen molar-refractivity contribution in [3.05, 3.63) is 44.4 Å². The molecule has 0 radical (unpaired) electrons. The monoisotopic (exact) mass is 362 g/mol. The lowest BCUT2D eigenvalue weighted by molar-refractivity contribution is -0.131. The number of methoxy groups -OCH3 is 1. The summed E-state index contributed by atoms with van der Waals surface area (Å²) in [5, 5.41) is 0. The number of H-pyrrole nitrogens is 1. The van der Waals surface area contributed by atoms with E-state index in [0.29, 0.717) is 12.3 Å². The number of carbonyl (C=O) groups excluding carboxylic acids is 1. The van der Waals surface area contributed by atoms with E-state index < -0.39 is 0 Å². The summed E-state index contributed by atoms with van der Waals surface area (Å²) >= 11 is 6.68. The Morgan fingerprint density at radius 1 is 1.42 bits per heavy atom. The van der Waals surface area contributed by atoms with Gasteiger partial charge in [-0.15, -0.1) is 11.3 Å². The fourth-order valence-corrected chi connectivity index (χ4v) is 4.59. The molecule has 1 aliphatic rings. The first kappa shape index (κ1) is 17.2. The van der Waals surface area contributed by atoms with E-state index in [4.69, 9.17) is 17.0 Å². The summed E-state index contributed by atoms with van der Waals surface area (Å²) < 4.78 is 5.96. The molecule has 0 spiro atoms. The molecule has 0 bridgehead atoms. The van der Waals surface area contributed by atoms with Crippen molar-refractivity contribution >= 4 is 29.5 Å². The quantitative estimate of drug-likeness (QED) is 0.826. The lowest BCUT2D eigenvalue weighted by Crippen LogP contribution is -2.32. The van der Waals surface area contributed by atoms with Crippen molar-refractivity contribution in [3.8, 4) is 5.75 Å². The van der Waals surface area contributed by atoms with Crippen molar-refractivity contribution in [1.82, 2.24) is 9.88 Å². The number of aromatic nitrogens is 1. The Bertz CT molecular complexity index is 779. The van der Waals surface area contributed by atoms with E-state index in [1.165, 1.54) is 16.9 Å². The molecule has 2 heterocycles. The van der Waals surface area contributed by atoms with Crippen molar-refractivity contribution < 1.29 is 9.53 Å². The number of likely N-dealkylation sites (tertiary alicyclic amines) is 1. The second kappa shape index (κ2) is 7.07. The maximum absolute atomic E-state index is 12.9. The number of aryl methyl sites for hydroxylation is 1. The average Bonchev–Trinajstić information content (AvgIpc) is 3.10. The number of benzene rings is 1. The second-order valence-corrected chi connectivity index (χ2v) is 8.19. The molecule has 1 N–H and O–H groups in total. The van der Waals surface area contributed by atoms with Gasteiger partial charge in [0.1, 0.15) is 5.75 Å². The number of ether oxygens (including phenoxy) is 1. The Balaban J connectivity index is 1.80. The second-order valence-electron chi connectivity index (χ2n) is 6.42. The van der Waals surface area contributed by atoms with Gasteiger partial charge in [0.15, 0.2) is 3.95 Å². The summed E-state index contributed by atoms with van der Waals surface area (Å²) in [5.74, 6) is 1.52. The standard InChI is InChI=1S/C18H22N2O2S2/c1-11-8-15(13-4-6-14(22-3)7-5-13)20(10-11)17(21)9-16-12(2)19-18(23)24-16/h4-7,11,15H,8-10H2,1-3H3,(H,19,23)/t11-,15+/m0/s1. The predicted molar refractivity (Wildman–Crippen MR) is 99.2 cm³/mol. The molecule has 4 nitrogen and oxygen atoms in total. The van der Waals surface area contributed by atoms with Crippen molar-refractivity contribution in [2.24, 2.45) is 5.92 Å². The number of amides is 1. The Morgan fingerprint density at radius 2 is 2.12 bits per heavy atom. The number of aromatic amines is 1. The first-order chi connectivity index (χ1) is 11.5. The fourth-order valence-electron chi connectivity index (χ4n) is 3.31. The highest BCUT2D eigenvalue weighted by molar-refractivity contribution is 7.73. The zero-order valence-electron chi connectivity index (χ0n) is 14.2. The van der Waals surface area contributed by atoms with Crippen molar-refractivity contribution in [2.75, 3.05) is 13.7 Å². The fraction of sp³-hybridized carbons (Fsp3) is 0.444. The minimum atomic E-state index is 0.144. The molecule has 1 aromatic carbocycles. The van der Waals surface area contributed by atoms with Crippen LogP contribution in [0.4, 0.5) is 0 Å². The van der Waals surface area contributed by atoms with Crippen molar-refractivity contribution in [2.45, 2.75) is 32.7 Å². The third-order valence-corrected chi connectivity index (χ3v) is 5.90. The molecule has 2 aromatic rings. The summed E-state index contributed by atoms with van der Waals surface area (Å²) in [6, 6.07) is 8.19. The summed E-state index contributed by atoms with van der Waals surface area (Å²) in [5.41, 5.74) is 2.18. The molecule has 0 saturated carbocycles. The van der Waals surface area contributed by atoms with E-state index in [2.05, 4.69) is 24.0 Å². The van der Waals surface area contributed by atoms with Crippen molar-refractivity contribution in [3.63, 3.8) is 0 Å². The van der Waals surface area contributed by atoms with Crippen LogP contribution in [0.15, 0.2) is 24.3 Å². The van der Waals surface area contributed by atoms with Crippen LogP contribution in [0.2, 0.25) is 0 Å². The van der Waals surface area contributed by atoms with E-state index >= 15 is 0 Å². The maximum Gasteiger partial charge on any atom is 0.228 e. The summed E-state index contributed by atoms with van der Waals surface area (Å²) in [4.78, 5) is 19.1. The van der Waals surface area contributed by atoms with Gasteiger partial charge in [-0.25, -0.2) is 0 Å². The van der Waals surface area contributed by atoms with Crippen LogP contribution < -0.4 is 4.74 Å². The van der Waals surface area contributed by atoms with Gasteiger partial charge < -0.3 is 14.6 Å². The van der Waals surface area contributed by atoms with Crippen molar-refractivity contribution in [1.29, 1.82) is 0 Å². The van der Waals surface area contributed by atoms with E-state index in [1.54, 1.807) is 7.11 Å². The Hall–Kier alpha value is -1.66. The molecular formula is C18H22N2O2S2. The molecule has 3 rings (SSSR count). The smallest absolute Gasteiger partial charge is 0.228 e. The highest BCUT2D eigenvalue weighted by atomic mass is 32.1. The normalized spacial score (nSPS) is 20.4. The molecule has 1 aromatic heterocycles. The van der Waals surface area contributed by atoms with Crippen LogP contribution in [0.1, 0.15) is 35.5 Å². The van der Waals surface area contributed by atoms with Crippen LogP contribution >= 0.6 is 23.6 Å². The number of nitrogens with one attached hydrogen (secondary N) is 1. The van der Waals surface area contributed by atoms with Gasteiger partial charge in [-0.3, -0.25) is 4.79 Å².